The lowest BCUT2D eigenvalue weighted by Gasteiger charge is -2.20. The predicted octanol–water partition coefficient (Wildman–Crippen LogP) is 2.10. The molecule has 1 saturated heterocycles. The van der Waals surface area contributed by atoms with Gasteiger partial charge in [-0.2, -0.15) is 0 Å². The van der Waals surface area contributed by atoms with E-state index in [1.807, 2.05) is 13.8 Å². The van der Waals surface area contributed by atoms with Crippen molar-refractivity contribution in [2.45, 2.75) is 26.3 Å². The Kier molecular flexibility index (Phi) is 7.33. The molecule has 0 aromatic heterocycles. The van der Waals surface area contributed by atoms with Gasteiger partial charge in [0.05, 0.1) is 23.1 Å². The Labute approximate surface area is 168 Å². The maximum Gasteiger partial charge on any atom is 0.256 e. The zero-order valence-corrected chi connectivity index (χ0v) is 17.0. The molecule has 1 unspecified atom stereocenters. The number of amides is 3. The largest absolute Gasteiger partial charge is 0.494 e. The van der Waals surface area contributed by atoms with Gasteiger partial charge in [0.1, 0.15) is 5.56 Å². The van der Waals surface area contributed by atoms with Crippen molar-refractivity contribution in [3.05, 3.63) is 27.7 Å². The molecule has 0 saturated carbocycles. The average Bonchev–Trinajstić information content (AvgIpc) is 3.02. The predicted molar refractivity (Wildman–Crippen MR) is 103 cm³/mol. The zero-order valence-electron chi connectivity index (χ0n) is 15.5. The second-order valence-electron chi connectivity index (χ2n) is 6.53. The lowest BCUT2D eigenvalue weighted by molar-refractivity contribution is -0.129. The van der Waals surface area contributed by atoms with Crippen LogP contribution >= 0.6 is 23.2 Å². The summed E-state index contributed by atoms with van der Waals surface area (Å²) in [5, 5.41) is 5.91. The summed E-state index contributed by atoms with van der Waals surface area (Å²) >= 11 is 12.1. The van der Waals surface area contributed by atoms with Crippen LogP contribution in [0.3, 0.4) is 0 Å². The summed E-state index contributed by atoms with van der Waals surface area (Å²) in [5.41, 5.74) is 0.145. The van der Waals surface area contributed by atoms with Crippen molar-refractivity contribution in [3.8, 4) is 5.75 Å². The molecule has 3 amide bonds. The number of likely N-dealkylation sites (tertiary alicyclic amines) is 1. The first-order valence-electron chi connectivity index (χ1n) is 8.63. The van der Waals surface area contributed by atoms with Gasteiger partial charge in [0.25, 0.3) is 5.91 Å². The van der Waals surface area contributed by atoms with E-state index in [4.69, 9.17) is 27.9 Å². The number of halogens is 2. The van der Waals surface area contributed by atoms with Crippen molar-refractivity contribution in [2.24, 2.45) is 5.92 Å². The van der Waals surface area contributed by atoms with E-state index in [2.05, 4.69) is 10.6 Å². The van der Waals surface area contributed by atoms with Crippen LogP contribution in [0.4, 0.5) is 0 Å². The number of methoxy groups -OCH3 is 1. The normalized spacial score (nSPS) is 16.6. The number of ether oxygens (including phenoxy) is 1. The van der Waals surface area contributed by atoms with Gasteiger partial charge in [-0.25, -0.2) is 0 Å². The van der Waals surface area contributed by atoms with Crippen molar-refractivity contribution in [2.75, 3.05) is 26.7 Å². The molecule has 0 aliphatic carbocycles. The van der Waals surface area contributed by atoms with Crippen LogP contribution in [0.1, 0.15) is 30.6 Å². The quantitative estimate of drug-likeness (QED) is 0.667. The molecule has 0 spiro atoms. The molecule has 1 heterocycles. The summed E-state index contributed by atoms with van der Waals surface area (Å²) < 4.78 is 5.15. The molecule has 1 aliphatic heterocycles. The SMILES string of the molecule is COc1c(Cl)ccc(Cl)c1C(=O)NCCNC(=O)C1CC(=O)N(C(C)C)C1. The third kappa shape index (κ3) is 5.05. The molecule has 1 aromatic carbocycles. The van der Waals surface area contributed by atoms with Crippen molar-refractivity contribution in [3.63, 3.8) is 0 Å². The van der Waals surface area contributed by atoms with E-state index >= 15 is 0 Å². The highest BCUT2D eigenvalue weighted by atomic mass is 35.5. The van der Waals surface area contributed by atoms with Gasteiger partial charge in [-0.3, -0.25) is 14.4 Å². The zero-order chi connectivity index (χ0) is 20.1. The van der Waals surface area contributed by atoms with Crippen molar-refractivity contribution in [1.29, 1.82) is 0 Å². The minimum atomic E-state index is -0.448. The van der Waals surface area contributed by atoms with Crippen LogP contribution in [-0.4, -0.2) is 55.4 Å². The van der Waals surface area contributed by atoms with Crippen LogP contribution in [0, 0.1) is 5.92 Å². The number of nitrogens with zero attached hydrogens (tertiary/aromatic N) is 1. The number of rotatable bonds is 7. The molecule has 0 radical (unpaired) electrons. The van der Waals surface area contributed by atoms with Crippen molar-refractivity contribution < 1.29 is 19.1 Å². The molecule has 27 heavy (non-hydrogen) atoms. The Morgan fingerprint density at radius 2 is 1.85 bits per heavy atom. The van der Waals surface area contributed by atoms with E-state index in [9.17, 15) is 14.4 Å². The summed E-state index contributed by atoms with van der Waals surface area (Å²) in [7, 11) is 1.40. The first-order valence-corrected chi connectivity index (χ1v) is 9.39. The molecule has 148 valence electrons. The highest BCUT2D eigenvalue weighted by Gasteiger charge is 2.35. The second kappa shape index (κ2) is 9.28. The fraction of sp³-hybridized carbons (Fsp3) is 0.500. The van der Waals surface area contributed by atoms with Gasteiger partial charge < -0.3 is 20.3 Å². The molecular weight excluding hydrogens is 393 g/mol. The minimum absolute atomic E-state index is 0.0128. The number of nitrogens with one attached hydrogen (secondary N) is 2. The smallest absolute Gasteiger partial charge is 0.256 e. The molecule has 0 bridgehead atoms. The van der Waals surface area contributed by atoms with Crippen LogP contribution in [0.2, 0.25) is 10.0 Å². The fourth-order valence-corrected chi connectivity index (χ4v) is 3.41. The number of carbonyl (C=O) groups excluding carboxylic acids is 3. The Hall–Kier alpha value is -1.99. The van der Waals surface area contributed by atoms with Crippen LogP contribution < -0.4 is 15.4 Å². The molecule has 1 aromatic rings. The Morgan fingerprint density at radius 3 is 2.44 bits per heavy atom. The topological polar surface area (TPSA) is 87.7 Å². The molecular formula is C18H23Cl2N3O4. The summed E-state index contributed by atoms with van der Waals surface area (Å²) in [6.45, 7) is 4.69. The third-order valence-electron chi connectivity index (χ3n) is 4.35. The van der Waals surface area contributed by atoms with Crippen LogP contribution in [0.25, 0.3) is 0 Å². The number of hydrogen-bond acceptors (Lipinski definition) is 4. The summed E-state index contributed by atoms with van der Waals surface area (Å²) in [6.07, 6.45) is 0.214. The lowest BCUT2D eigenvalue weighted by atomic mass is 10.1. The van der Waals surface area contributed by atoms with Crippen molar-refractivity contribution >= 4 is 40.9 Å². The molecule has 7 nitrogen and oxygen atoms in total. The van der Waals surface area contributed by atoms with E-state index in [0.717, 1.165) is 0 Å². The van der Waals surface area contributed by atoms with E-state index in [-0.39, 0.29) is 64.6 Å². The van der Waals surface area contributed by atoms with Crippen LogP contribution in [-0.2, 0) is 9.59 Å². The monoisotopic (exact) mass is 415 g/mol. The summed E-state index contributed by atoms with van der Waals surface area (Å²) in [5.74, 6) is -0.821. The number of benzene rings is 1. The minimum Gasteiger partial charge on any atom is -0.494 e. The van der Waals surface area contributed by atoms with E-state index < -0.39 is 5.91 Å². The molecule has 1 atom stereocenters. The molecule has 2 rings (SSSR count). The first-order chi connectivity index (χ1) is 12.8. The van der Waals surface area contributed by atoms with Gasteiger partial charge in [0, 0.05) is 32.1 Å². The Balaban J connectivity index is 1.84. The average molecular weight is 416 g/mol. The van der Waals surface area contributed by atoms with Gasteiger partial charge in [-0.15, -0.1) is 0 Å². The fourth-order valence-electron chi connectivity index (χ4n) is 2.95. The second-order valence-corrected chi connectivity index (χ2v) is 7.34. The van der Waals surface area contributed by atoms with Crippen LogP contribution in [0.15, 0.2) is 12.1 Å². The standard InChI is InChI=1S/C18H23Cl2N3O4/c1-10(2)23-9-11(8-14(23)24)17(25)21-6-7-22-18(26)15-12(19)4-5-13(20)16(15)27-3/h4-5,10-11H,6-9H2,1-3H3,(H,21,25)(H,22,26). The first kappa shape index (κ1) is 21.3. The van der Waals surface area contributed by atoms with E-state index in [0.29, 0.717) is 6.54 Å². The molecule has 1 aliphatic rings. The Morgan fingerprint density at radius 1 is 1.22 bits per heavy atom. The highest BCUT2D eigenvalue weighted by molar-refractivity contribution is 6.37. The number of carbonyl (C=O) groups is 3. The summed E-state index contributed by atoms with van der Waals surface area (Å²) in [4.78, 5) is 38.1. The maximum atomic E-state index is 12.4. The highest BCUT2D eigenvalue weighted by Crippen LogP contribution is 2.33. The lowest BCUT2D eigenvalue weighted by Crippen LogP contribution is -2.39. The third-order valence-corrected chi connectivity index (χ3v) is 4.96. The molecule has 2 N–H and O–H groups in total. The van der Waals surface area contributed by atoms with Gasteiger partial charge in [-0.05, 0) is 26.0 Å². The van der Waals surface area contributed by atoms with E-state index in [1.54, 1.807) is 11.0 Å². The summed E-state index contributed by atoms with van der Waals surface area (Å²) in [6, 6.07) is 3.14. The van der Waals surface area contributed by atoms with Gasteiger partial charge in [0.2, 0.25) is 11.8 Å². The van der Waals surface area contributed by atoms with Gasteiger partial charge >= 0.3 is 0 Å². The Bertz CT molecular complexity index is 740. The van der Waals surface area contributed by atoms with Crippen LogP contribution in [0.5, 0.6) is 5.75 Å². The van der Waals surface area contributed by atoms with E-state index in [1.165, 1.54) is 13.2 Å². The van der Waals surface area contributed by atoms with Crippen molar-refractivity contribution in [1.82, 2.24) is 15.5 Å². The molecule has 9 heteroatoms. The molecule has 1 fully saturated rings. The number of hydrogen-bond donors (Lipinski definition) is 2. The van der Waals surface area contributed by atoms with Gasteiger partial charge in [0.15, 0.2) is 5.75 Å². The van der Waals surface area contributed by atoms with Gasteiger partial charge in [-0.1, -0.05) is 23.2 Å². The maximum absolute atomic E-state index is 12.4.